The summed E-state index contributed by atoms with van der Waals surface area (Å²) in [6, 6.07) is 15.0. The molecule has 0 atom stereocenters. The van der Waals surface area contributed by atoms with Gasteiger partial charge in [0.05, 0.1) is 0 Å². The number of rotatable bonds is 3. The van der Waals surface area contributed by atoms with Gasteiger partial charge in [-0.2, -0.15) is 0 Å². The van der Waals surface area contributed by atoms with E-state index in [0.717, 1.165) is 22.2 Å². The van der Waals surface area contributed by atoms with Gasteiger partial charge in [-0.25, -0.2) is 4.98 Å². The molecule has 0 radical (unpaired) electrons. The molecule has 23 heavy (non-hydrogen) atoms. The Kier molecular flexibility index (Phi) is 4.48. The number of oxazole rings is 1. The van der Waals surface area contributed by atoms with Crippen LogP contribution in [0.2, 0.25) is 0 Å². The zero-order valence-electron chi connectivity index (χ0n) is 11.7. The number of hydrogen-bond donors (Lipinski definition) is 1. The van der Waals surface area contributed by atoms with Gasteiger partial charge in [0.2, 0.25) is 5.89 Å². The summed E-state index contributed by atoms with van der Waals surface area (Å²) in [5.74, 6) is -0.117. The van der Waals surface area contributed by atoms with Crippen LogP contribution in [0.25, 0.3) is 22.6 Å². The Balaban J connectivity index is 1.73. The molecule has 2 aromatic carbocycles. The second-order valence-corrected chi connectivity index (χ2v) is 7.15. The van der Waals surface area contributed by atoms with Crippen LogP contribution < -0.4 is 5.32 Å². The normalized spacial score (nSPS) is 11.6. The van der Waals surface area contributed by atoms with E-state index in [9.17, 15) is 4.79 Å². The number of alkyl halides is 3. The van der Waals surface area contributed by atoms with Gasteiger partial charge in [-0.3, -0.25) is 4.79 Å². The molecule has 0 aliphatic rings. The Hall–Kier alpha value is -1.75. The van der Waals surface area contributed by atoms with E-state index < -0.39 is 9.70 Å². The fourth-order valence-electron chi connectivity index (χ4n) is 2.04. The minimum Gasteiger partial charge on any atom is -0.436 e. The number of fused-ring (bicyclic) bond motifs is 1. The maximum atomic E-state index is 11.5. The Morgan fingerprint density at radius 1 is 1.09 bits per heavy atom. The van der Waals surface area contributed by atoms with Crippen LogP contribution >= 0.6 is 34.8 Å². The fourth-order valence-corrected chi connectivity index (χ4v) is 2.24. The van der Waals surface area contributed by atoms with Crippen LogP contribution in [0.5, 0.6) is 0 Å². The molecule has 0 aliphatic heterocycles. The number of amides is 1. The van der Waals surface area contributed by atoms with Crippen molar-refractivity contribution < 1.29 is 9.21 Å². The molecule has 0 bridgehead atoms. The van der Waals surface area contributed by atoms with Gasteiger partial charge < -0.3 is 9.73 Å². The smallest absolute Gasteiger partial charge is 0.272 e. The van der Waals surface area contributed by atoms with Crippen LogP contribution in [0.3, 0.4) is 0 Å². The van der Waals surface area contributed by atoms with Crippen LogP contribution in [-0.4, -0.2) is 14.7 Å². The molecule has 1 amide bonds. The van der Waals surface area contributed by atoms with E-state index in [4.69, 9.17) is 39.2 Å². The van der Waals surface area contributed by atoms with Gasteiger partial charge in [-0.1, -0.05) is 59.1 Å². The number of aromatic nitrogens is 1. The maximum Gasteiger partial charge on any atom is 0.272 e. The van der Waals surface area contributed by atoms with Crippen molar-refractivity contribution in [1.29, 1.82) is 0 Å². The molecule has 118 valence electrons. The molecule has 0 aliphatic carbocycles. The van der Waals surface area contributed by atoms with Gasteiger partial charge >= 0.3 is 0 Å². The zero-order chi connectivity index (χ0) is 16.4. The van der Waals surface area contributed by atoms with Crippen LogP contribution in [0, 0.1) is 0 Å². The summed E-state index contributed by atoms with van der Waals surface area (Å²) in [5.41, 5.74) is 3.26. The first kappa shape index (κ1) is 16.1. The molecule has 0 fully saturated rings. The number of carbonyl (C=O) groups excluding carboxylic acids is 1. The standard InChI is InChI=1S/C16H11Cl3N2O2/c17-16(18,19)15(22)20-9-10-5-7-11(8-6-10)14-21-12-3-1-2-4-13(12)23-14/h1-8H,9H2,(H,20,22). The molecule has 1 heterocycles. The zero-order valence-corrected chi connectivity index (χ0v) is 14.0. The molecule has 1 aromatic heterocycles. The number of hydrogen-bond acceptors (Lipinski definition) is 3. The lowest BCUT2D eigenvalue weighted by atomic mass is 10.1. The monoisotopic (exact) mass is 368 g/mol. The lowest BCUT2D eigenvalue weighted by Crippen LogP contribution is -2.33. The number of benzene rings is 2. The van der Waals surface area contributed by atoms with Crippen molar-refractivity contribution in [3.8, 4) is 11.5 Å². The lowest BCUT2D eigenvalue weighted by Gasteiger charge is -2.11. The molecule has 7 heteroatoms. The Labute approximate surface area is 147 Å². The summed E-state index contributed by atoms with van der Waals surface area (Å²) in [6.07, 6.45) is 0. The van der Waals surface area contributed by atoms with Gasteiger partial charge in [0.1, 0.15) is 5.52 Å². The van der Waals surface area contributed by atoms with Crippen LogP contribution in [0.4, 0.5) is 0 Å². The second kappa shape index (κ2) is 6.40. The summed E-state index contributed by atoms with van der Waals surface area (Å²) >= 11 is 16.5. The maximum absolute atomic E-state index is 11.5. The van der Waals surface area contributed by atoms with Crippen LogP contribution in [0.15, 0.2) is 52.9 Å². The van der Waals surface area contributed by atoms with Crippen molar-refractivity contribution in [2.75, 3.05) is 0 Å². The highest BCUT2D eigenvalue weighted by atomic mass is 35.6. The van der Waals surface area contributed by atoms with Gasteiger partial charge in [0.15, 0.2) is 5.58 Å². The van der Waals surface area contributed by atoms with Gasteiger partial charge in [-0.15, -0.1) is 0 Å². The number of para-hydroxylation sites is 2. The third-order valence-corrected chi connectivity index (χ3v) is 3.72. The van der Waals surface area contributed by atoms with Crippen LogP contribution in [-0.2, 0) is 11.3 Å². The average molecular weight is 370 g/mol. The summed E-state index contributed by atoms with van der Waals surface area (Å²) < 4.78 is 3.74. The quantitative estimate of drug-likeness (QED) is 0.692. The van der Waals surface area contributed by atoms with Crippen molar-refractivity contribution in [1.82, 2.24) is 10.3 Å². The third kappa shape index (κ3) is 3.78. The van der Waals surface area contributed by atoms with Gasteiger partial charge in [0, 0.05) is 12.1 Å². The fraction of sp³-hybridized carbons (Fsp3) is 0.125. The van der Waals surface area contributed by atoms with Crippen molar-refractivity contribution in [2.45, 2.75) is 10.3 Å². The molecule has 0 saturated heterocycles. The highest BCUT2D eigenvalue weighted by molar-refractivity contribution is 6.76. The molecule has 0 unspecified atom stereocenters. The summed E-state index contributed by atoms with van der Waals surface area (Å²) in [5, 5.41) is 2.55. The number of halogens is 3. The third-order valence-electron chi connectivity index (χ3n) is 3.21. The Morgan fingerprint density at radius 3 is 2.43 bits per heavy atom. The van der Waals surface area contributed by atoms with E-state index in [1.807, 2.05) is 48.5 Å². The summed E-state index contributed by atoms with van der Waals surface area (Å²) in [6.45, 7) is 0.264. The minimum atomic E-state index is -1.96. The Bertz CT molecular complexity index is 805. The molecule has 3 rings (SSSR count). The van der Waals surface area contributed by atoms with Crippen molar-refractivity contribution >= 4 is 51.8 Å². The van der Waals surface area contributed by atoms with Crippen molar-refractivity contribution in [3.05, 3.63) is 54.1 Å². The molecule has 0 spiro atoms. The van der Waals surface area contributed by atoms with Crippen LogP contribution in [0.1, 0.15) is 5.56 Å². The lowest BCUT2D eigenvalue weighted by molar-refractivity contribution is -0.120. The first-order valence-corrected chi connectivity index (χ1v) is 7.87. The second-order valence-electron chi connectivity index (χ2n) is 4.86. The average Bonchev–Trinajstić information content (AvgIpc) is 2.96. The SMILES string of the molecule is O=C(NCc1ccc(-c2nc3ccccc3o2)cc1)C(Cl)(Cl)Cl. The predicted molar refractivity (Wildman–Crippen MR) is 91.6 cm³/mol. The molecule has 1 N–H and O–H groups in total. The molecular formula is C16H11Cl3N2O2. The summed E-state index contributed by atoms with van der Waals surface area (Å²) in [7, 11) is 0. The topological polar surface area (TPSA) is 55.1 Å². The number of carbonyl (C=O) groups is 1. The first-order chi connectivity index (χ1) is 10.9. The predicted octanol–water partition coefficient (Wildman–Crippen LogP) is 4.48. The van der Waals surface area contributed by atoms with E-state index in [1.54, 1.807) is 0 Å². The van der Waals surface area contributed by atoms with E-state index >= 15 is 0 Å². The first-order valence-electron chi connectivity index (χ1n) is 6.73. The highest BCUT2D eigenvalue weighted by Crippen LogP contribution is 2.26. The number of nitrogens with one attached hydrogen (secondary N) is 1. The van der Waals surface area contributed by atoms with E-state index in [-0.39, 0.29) is 6.54 Å². The molecular weight excluding hydrogens is 359 g/mol. The van der Waals surface area contributed by atoms with Gasteiger partial charge in [-0.05, 0) is 29.8 Å². The number of nitrogens with zero attached hydrogens (tertiary/aromatic N) is 1. The Morgan fingerprint density at radius 2 is 1.78 bits per heavy atom. The largest absolute Gasteiger partial charge is 0.436 e. The van der Waals surface area contributed by atoms with E-state index in [0.29, 0.717) is 5.89 Å². The van der Waals surface area contributed by atoms with E-state index in [2.05, 4.69) is 10.3 Å². The highest BCUT2D eigenvalue weighted by Gasteiger charge is 2.30. The molecule has 0 saturated carbocycles. The van der Waals surface area contributed by atoms with Gasteiger partial charge in [0.25, 0.3) is 9.70 Å². The van der Waals surface area contributed by atoms with Crippen molar-refractivity contribution in [3.63, 3.8) is 0 Å². The molecule has 3 aromatic rings. The minimum absolute atomic E-state index is 0.264. The molecule has 4 nitrogen and oxygen atoms in total. The van der Waals surface area contributed by atoms with Crippen molar-refractivity contribution in [2.24, 2.45) is 0 Å². The van der Waals surface area contributed by atoms with E-state index in [1.165, 1.54) is 0 Å². The summed E-state index contributed by atoms with van der Waals surface area (Å²) in [4.78, 5) is 15.9.